The maximum absolute atomic E-state index is 12.5. The molecule has 1 heterocycles. The molecule has 7 nitrogen and oxygen atoms in total. The Morgan fingerprint density at radius 2 is 2.16 bits per heavy atom. The Morgan fingerprint density at radius 1 is 1.40 bits per heavy atom. The summed E-state index contributed by atoms with van der Waals surface area (Å²) in [7, 11) is -2.16. The van der Waals surface area contributed by atoms with Crippen LogP contribution in [0.25, 0.3) is 0 Å². The van der Waals surface area contributed by atoms with Crippen LogP contribution in [0.3, 0.4) is 0 Å². The zero-order valence-electron chi connectivity index (χ0n) is 14.5. The molecule has 1 atom stereocenters. The molecule has 1 saturated heterocycles. The van der Waals surface area contributed by atoms with Crippen LogP contribution in [0.15, 0.2) is 23.1 Å². The fraction of sp³-hybridized carbons (Fsp3) is 0.562. The van der Waals surface area contributed by atoms with Crippen LogP contribution in [0.1, 0.15) is 28.8 Å². The molecule has 1 unspecified atom stereocenters. The molecule has 3 N–H and O–H groups in total. The number of halogens is 1. The largest absolute Gasteiger partial charge is 0.383 e. The second kappa shape index (κ2) is 10.1. The van der Waals surface area contributed by atoms with E-state index in [-0.39, 0.29) is 42.4 Å². The molecular formula is C16H26ClN3O4S. The Balaban J connectivity index is 0.00000312. The highest BCUT2D eigenvalue weighted by atomic mass is 35.5. The summed E-state index contributed by atoms with van der Waals surface area (Å²) in [6, 6.07) is 4.66. The van der Waals surface area contributed by atoms with Gasteiger partial charge in [-0.2, -0.15) is 0 Å². The molecule has 0 spiro atoms. The lowest BCUT2D eigenvalue weighted by molar-refractivity contribution is 0.0930. The zero-order chi connectivity index (χ0) is 17.6. The lowest BCUT2D eigenvalue weighted by Crippen LogP contribution is -2.45. The van der Waals surface area contributed by atoms with E-state index in [1.165, 1.54) is 19.2 Å². The fourth-order valence-electron chi connectivity index (χ4n) is 2.61. The number of carbonyl (C=O) groups is 1. The average molecular weight is 392 g/mol. The number of nitrogens with one attached hydrogen (secondary N) is 3. The summed E-state index contributed by atoms with van der Waals surface area (Å²) in [5.74, 6) is -0.241. The standard InChI is InChI=1S/C16H25N3O4S.ClH/c1-12-5-6-14(24(21,22)18-8-9-23-2)10-15(12)16(20)19-13-4-3-7-17-11-13;/h5-6,10,13,17-18H,3-4,7-9,11H2,1-2H3,(H,19,20);1H. The van der Waals surface area contributed by atoms with Gasteiger partial charge >= 0.3 is 0 Å². The van der Waals surface area contributed by atoms with E-state index in [4.69, 9.17) is 4.74 Å². The van der Waals surface area contributed by atoms with E-state index in [1.54, 1.807) is 13.0 Å². The molecule has 0 aliphatic carbocycles. The van der Waals surface area contributed by atoms with Crippen LogP contribution < -0.4 is 15.4 Å². The van der Waals surface area contributed by atoms with E-state index < -0.39 is 10.0 Å². The second-order valence-electron chi connectivity index (χ2n) is 5.88. The van der Waals surface area contributed by atoms with Crippen LogP contribution >= 0.6 is 12.4 Å². The number of ether oxygens (including phenoxy) is 1. The molecular weight excluding hydrogens is 366 g/mol. The molecule has 1 aliphatic heterocycles. The molecule has 1 aromatic carbocycles. The summed E-state index contributed by atoms with van der Waals surface area (Å²) in [5, 5.41) is 6.21. The number of sulfonamides is 1. The summed E-state index contributed by atoms with van der Waals surface area (Å²) in [4.78, 5) is 12.6. The minimum Gasteiger partial charge on any atom is -0.383 e. The van der Waals surface area contributed by atoms with Gasteiger partial charge in [0.1, 0.15) is 0 Å². The Bertz CT molecular complexity index is 676. The number of hydrogen-bond acceptors (Lipinski definition) is 5. The lowest BCUT2D eigenvalue weighted by atomic mass is 10.1. The predicted molar refractivity (Wildman–Crippen MR) is 98.8 cm³/mol. The van der Waals surface area contributed by atoms with Crippen molar-refractivity contribution in [2.24, 2.45) is 0 Å². The summed E-state index contributed by atoms with van der Waals surface area (Å²) in [6.07, 6.45) is 1.94. The van der Waals surface area contributed by atoms with Gasteiger partial charge in [-0.3, -0.25) is 4.79 Å². The first kappa shape index (κ1) is 21.9. The molecule has 1 aliphatic rings. The van der Waals surface area contributed by atoms with Crippen LogP contribution in [-0.2, 0) is 14.8 Å². The number of aryl methyl sites for hydroxylation is 1. The van der Waals surface area contributed by atoms with Crippen LogP contribution in [0.5, 0.6) is 0 Å². The lowest BCUT2D eigenvalue weighted by Gasteiger charge is -2.24. The molecule has 142 valence electrons. The van der Waals surface area contributed by atoms with Gasteiger partial charge in [0.2, 0.25) is 10.0 Å². The molecule has 0 radical (unpaired) electrons. The van der Waals surface area contributed by atoms with E-state index >= 15 is 0 Å². The van der Waals surface area contributed by atoms with Gasteiger partial charge < -0.3 is 15.4 Å². The number of methoxy groups -OCH3 is 1. The van der Waals surface area contributed by atoms with Crippen molar-refractivity contribution in [3.8, 4) is 0 Å². The smallest absolute Gasteiger partial charge is 0.251 e. The number of piperidine rings is 1. The normalized spacial score (nSPS) is 17.6. The van der Waals surface area contributed by atoms with Crippen molar-refractivity contribution in [3.63, 3.8) is 0 Å². The van der Waals surface area contributed by atoms with E-state index in [9.17, 15) is 13.2 Å². The van der Waals surface area contributed by atoms with Gasteiger partial charge in [-0.25, -0.2) is 13.1 Å². The van der Waals surface area contributed by atoms with Crippen molar-refractivity contribution in [3.05, 3.63) is 29.3 Å². The number of rotatable bonds is 7. The third-order valence-corrected chi connectivity index (χ3v) is 5.45. The first-order valence-electron chi connectivity index (χ1n) is 8.05. The highest BCUT2D eigenvalue weighted by Crippen LogP contribution is 2.16. The molecule has 1 fully saturated rings. The maximum Gasteiger partial charge on any atom is 0.251 e. The Hall–Kier alpha value is -1.19. The predicted octanol–water partition coefficient (Wildman–Crippen LogP) is 0.823. The molecule has 25 heavy (non-hydrogen) atoms. The van der Waals surface area contributed by atoms with Crippen molar-refractivity contribution in [2.45, 2.75) is 30.7 Å². The molecule has 9 heteroatoms. The molecule has 0 aromatic heterocycles. The SMILES string of the molecule is COCCNS(=O)(=O)c1ccc(C)c(C(=O)NC2CCCNC2)c1.Cl. The Kier molecular flexibility index (Phi) is 8.81. The van der Waals surface area contributed by atoms with Gasteiger partial charge in [0, 0.05) is 31.8 Å². The highest BCUT2D eigenvalue weighted by Gasteiger charge is 2.20. The van der Waals surface area contributed by atoms with Gasteiger partial charge in [-0.15, -0.1) is 12.4 Å². The van der Waals surface area contributed by atoms with Gasteiger partial charge in [0.15, 0.2) is 0 Å². The third-order valence-electron chi connectivity index (χ3n) is 3.99. The van der Waals surface area contributed by atoms with E-state index in [0.29, 0.717) is 5.56 Å². The summed E-state index contributed by atoms with van der Waals surface area (Å²) in [5.41, 5.74) is 1.13. The van der Waals surface area contributed by atoms with E-state index in [0.717, 1.165) is 31.5 Å². The monoisotopic (exact) mass is 391 g/mol. The maximum atomic E-state index is 12.5. The minimum absolute atomic E-state index is 0. The number of carbonyl (C=O) groups excluding carboxylic acids is 1. The van der Waals surface area contributed by atoms with Crippen molar-refractivity contribution < 1.29 is 17.9 Å². The van der Waals surface area contributed by atoms with E-state index in [1.807, 2.05) is 0 Å². The molecule has 0 saturated carbocycles. The van der Waals surface area contributed by atoms with Gasteiger partial charge in [0.25, 0.3) is 5.91 Å². The van der Waals surface area contributed by atoms with Crippen molar-refractivity contribution in [2.75, 3.05) is 33.4 Å². The third kappa shape index (κ3) is 6.23. The minimum atomic E-state index is -3.66. The molecule has 1 amide bonds. The number of amides is 1. The summed E-state index contributed by atoms with van der Waals surface area (Å²) < 4.78 is 31.8. The van der Waals surface area contributed by atoms with Crippen molar-refractivity contribution >= 4 is 28.3 Å². The summed E-state index contributed by atoms with van der Waals surface area (Å²) in [6.45, 7) is 3.96. The van der Waals surface area contributed by atoms with E-state index in [2.05, 4.69) is 15.4 Å². The molecule has 1 aromatic rings. The first-order valence-corrected chi connectivity index (χ1v) is 9.53. The Labute approximate surface area is 155 Å². The average Bonchev–Trinajstić information content (AvgIpc) is 2.56. The molecule has 2 rings (SSSR count). The van der Waals surface area contributed by atoms with Crippen LogP contribution in [0.2, 0.25) is 0 Å². The van der Waals surface area contributed by atoms with Gasteiger partial charge in [0.05, 0.1) is 11.5 Å². The highest BCUT2D eigenvalue weighted by molar-refractivity contribution is 7.89. The molecule has 0 bridgehead atoms. The van der Waals surface area contributed by atoms with Gasteiger partial charge in [-0.05, 0) is 44.0 Å². The summed E-state index contributed by atoms with van der Waals surface area (Å²) >= 11 is 0. The fourth-order valence-corrected chi connectivity index (χ4v) is 3.65. The number of hydrogen-bond donors (Lipinski definition) is 3. The second-order valence-corrected chi connectivity index (χ2v) is 7.65. The van der Waals surface area contributed by atoms with Crippen LogP contribution in [-0.4, -0.2) is 53.7 Å². The van der Waals surface area contributed by atoms with Crippen molar-refractivity contribution in [1.29, 1.82) is 0 Å². The topological polar surface area (TPSA) is 96.5 Å². The van der Waals surface area contributed by atoms with Crippen molar-refractivity contribution in [1.82, 2.24) is 15.4 Å². The van der Waals surface area contributed by atoms with Crippen LogP contribution in [0, 0.1) is 6.92 Å². The zero-order valence-corrected chi connectivity index (χ0v) is 16.1. The first-order chi connectivity index (χ1) is 11.4. The van der Waals surface area contributed by atoms with Gasteiger partial charge in [-0.1, -0.05) is 6.07 Å². The Morgan fingerprint density at radius 3 is 2.80 bits per heavy atom. The number of benzene rings is 1. The van der Waals surface area contributed by atoms with Crippen LogP contribution in [0.4, 0.5) is 0 Å². The quantitative estimate of drug-likeness (QED) is 0.598.